The van der Waals surface area contributed by atoms with Crippen LogP contribution in [0.15, 0.2) is 60.8 Å². The molecular formula is C21H17NO2S. The van der Waals surface area contributed by atoms with Gasteiger partial charge in [0.05, 0.1) is 22.6 Å². The van der Waals surface area contributed by atoms with Crippen LogP contribution in [-0.2, 0) is 0 Å². The van der Waals surface area contributed by atoms with Gasteiger partial charge in [0.1, 0.15) is 5.75 Å². The fourth-order valence-electron chi connectivity index (χ4n) is 3.27. The topological polar surface area (TPSA) is 30.7 Å². The van der Waals surface area contributed by atoms with Crippen LogP contribution in [0.25, 0.3) is 27.2 Å². The monoisotopic (exact) mass is 347 g/mol. The van der Waals surface area contributed by atoms with Crippen LogP contribution in [0.5, 0.6) is 5.75 Å². The Kier molecular flexibility index (Phi) is 3.90. The molecule has 0 amide bonds. The minimum absolute atomic E-state index is 0.735. The molecule has 0 aliphatic heterocycles. The van der Waals surface area contributed by atoms with Gasteiger partial charge in [-0.15, -0.1) is 11.3 Å². The maximum absolute atomic E-state index is 11.1. The van der Waals surface area contributed by atoms with Gasteiger partial charge in [0.15, 0.2) is 6.29 Å². The van der Waals surface area contributed by atoms with E-state index in [2.05, 4.69) is 41.8 Å². The Morgan fingerprint density at radius 3 is 2.52 bits per heavy atom. The van der Waals surface area contributed by atoms with E-state index in [0.717, 1.165) is 33.0 Å². The number of aryl methyl sites for hydroxylation is 1. The zero-order valence-corrected chi connectivity index (χ0v) is 14.8. The fourth-order valence-corrected chi connectivity index (χ4v) is 4.14. The Morgan fingerprint density at radius 1 is 1.04 bits per heavy atom. The molecule has 4 heteroatoms. The number of carbonyl (C=O) groups excluding carboxylic acids is 1. The van der Waals surface area contributed by atoms with Gasteiger partial charge in [-0.3, -0.25) is 4.79 Å². The van der Waals surface area contributed by atoms with Gasteiger partial charge in [-0.2, -0.15) is 0 Å². The lowest BCUT2D eigenvalue weighted by Crippen LogP contribution is -1.87. The molecule has 0 atom stereocenters. The fraction of sp³-hybridized carbons (Fsp3) is 0.0952. The van der Waals surface area contributed by atoms with Gasteiger partial charge in [0, 0.05) is 17.3 Å². The Labute approximate surface area is 150 Å². The van der Waals surface area contributed by atoms with Gasteiger partial charge in [-0.25, -0.2) is 0 Å². The van der Waals surface area contributed by atoms with Crippen molar-refractivity contribution in [3.8, 4) is 27.4 Å². The van der Waals surface area contributed by atoms with E-state index in [1.165, 1.54) is 28.0 Å². The van der Waals surface area contributed by atoms with Crippen molar-refractivity contribution in [2.75, 3.05) is 7.11 Å². The van der Waals surface area contributed by atoms with E-state index in [1.54, 1.807) is 7.11 Å². The van der Waals surface area contributed by atoms with E-state index in [0.29, 0.717) is 0 Å². The highest BCUT2D eigenvalue weighted by molar-refractivity contribution is 7.17. The zero-order chi connectivity index (χ0) is 17.4. The van der Waals surface area contributed by atoms with Crippen LogP contribution in [-0.4, -0.2) is 17.8 Å². The Balaban J connectivity index is 2.03. The van der Waals surface area contributed by atoms with Gasteiger partial charge < -0.3 is 9.14 Å². The predicted octanol–water partition coefficient (Wildman–Crippen LogP) is 5.46. The highest BCUT2D eigenvalue weighted by Crippen LogP contribution is 2.41. The third-order valence-corrected chi connectivity index (χ3v) is 5.47. The molecule has 0 aliphatic rings. The number of aldehydes is 1. The average molecular weight is 347 g/mol. The highest BCUT2D eigenvalue weighted by atomic mass is 32.1. The summed E-state index contributed by atoms with van der Waals surface area (Å²) in [5.41, 5.74) is 5.84. The number of ether oxygens (including phenoxy) is 1. The third kappa shape index (κ3) is 2.55. The summed E-state index contributed by atoms with van der Waals surface area (Å²) in [5, 5.41) is 0. The van der Waals surface area contributed by atoms with Gasteiger partial charge in [-0.1, -0.05) is 18.2 Å². The molecule has 0 N–H and O–H groups in total. The Bertz CT molecular complexity index is 1060. The first-order chi connectivity index (χ1) is 12.2. The maximum atomic E-state index is 11.1. The second-order valence-electron chi connectivity index (χ2n) is 5.85. The number of nitrogens with zero attached hydrogens (tertiary/aromatic N) is 1. The van der Waals surface area contributed by atoms with Gasteiger partial charge in [-0.05, 0) is 54.4 Å². The lowest BCUT2D eigenvalue weighted by molar-refractivity contribution is 0.112. The number of aromatic nitrogens is 1. The first-order valence-electron chi connectivity index (χ1n) is 8.02. The zero-order valence-electron chi connectivity index (χ0n) is 14.0. The summed E-state index contributed by atoms with van der Waals surface area (Å²) in [5.74, 6) is 0.839. The molecule has 0 aliphatic carbocycles. The summed E-state index contributed by atoms with van der Waals surface area (Å²) < 4.78 is 7.49. The summed E-state index contributed by atoms with van der Waals surface area (Å²) in [4.78, 5) is 13.0. The molecule has 25 heavy (non-hydrogen) atoms. The molecule has 124 valence electrons. The molecule has 0 spiro atoms. The molecule has 0 saturated carbocycles. The SMILES string of the molecule is COc1ccc(-c2c(C)c3ccccn3c2-c2ccc(C=O)s2)cc1. The lowest BCUT2D eigenvalue weighted by Gasteiger charge is -2.07. The first kappa shape index (κ1) is 15.7. The maximum Gasteiger partial charge on any atom is 0.160 e. The van der Waals surface area contributed by atoms with Gasteiger partial charge in [0.25, 0.3) is 0 Å². The van der Waals surface area contributed by atoms with E-state index in [9.17, 15) is 4.79 Å². The smallest absolute Gasteiger partial charge is 0.160 e. The lowest BCUT2D eigenvalue weighted by atomic mass is 10.0. The molecule has 3 nitrogen and oxygen atoms in total. The van der Waals surface area contributed by atoms with E-state index in [4.69, 9.17) is 4.74 Å². The van der Waals surface area contributed by atoms with Crippen LogP contribution in [0, 0.1) is 6.92 Å². The van der Waals surface area contributed by atoms with E-state index < -0.39 is 0 Å². The van der Waals surface area contributed by atoms with Crippen molar-refractivity contribution in [3.63, 3.8) is 0 Å². The van der Waals surface area contributed by atoms with Crippen molar-refractivity contribution in [2.45, 2.75) is 6.92 Å². The molecule has 0 saturated heterocycles. The second kappa shape index (κ2) is 6.22. The van der Waals surface area contributed by atoms with Crippen molar-refractivity contribution in [1.29, 1.82) is 0 Å². The van der Waals surface area contributed by atoms with Crippen LogP contribution in [0.4, 0.5) is 0 Å². The van der Waals surface area contributed by atoms with Crippen molar-refractivity contribution in [3.05, 3.63) is 71.2 Å². The quantitative estimate of drug-likeness (QED) is 0.459. The molecule has 0 radical (unpaired) electrons. The minimum atomic E-state index is 0.735. The Morgan fingerprint density at radius 2 is 1.84 bits per heavy atom. The number of fused-ring (bicyclic) bond motifs is 1. The summed E-state index contributed by atoms with van der Waals surface area (Å²) in [6.07, 6.45) is 2.98. The molecular weight excluding hydrogens is 330 g/mol. The minimum Gasteiger partial charge on any atom is -0.497 e. The third-order valence-electron chi connectivity index (χ3n) is 4.45. The van der Waals surface area contributed by atoms with Crippen molar-refractivity contribution < 1.29 is 9.53 Å². The molecule has 4 rings (SSSR count). The van der Waals surface area contributed by atoms with Crippen LogP contribution < -0.4 is 4.74 Å². The second-order valence-corrected chi connectivity index (χ2v) is 6.97. The number of thiophene rings is 1. The predicted molar refractivity (Wildman–Crippen MR) is 103 cm³/mol. The van der Waals surface area contributed by atoms with Gasteiger partial charge in [0.2, 0.25) is 0 Å². The van der Waals surface area contributed by atoms with Gasteiger partial charge >= 0.3 is 0 Å². The number of pyridine rings is 1. The number of benzene rings is 1. The number of carbonyl (C=O) groups is 1. The van der Waals surface area contributed by atoms with E-state index >= 15 is 0 Å². The van der Waals surface area contributed by atoms with Crippen LogP contribution in [0.3, 0.4) is 0 Å². The number of rotatable bonds is 4. The average Bonchev–Trinajstić information content (AvgIpc) is 3.25. The van der Waals surface area contributed by atoms with Crippen molar-refractivity contribution in [2.24, 2.45) is 0 Å². The van der Waals surface area contributed by atoms with Crippen LogP contribution in [0.1, 0.15) is 15.2 Å². The van der Waals surface area contributed by atoms with Crippen LogP contribution >= 0.6 is 11.3 Å². The van der Waals surface area contributed by atoms with Crippen molar-refractivity contribution in [1.82, 2.24) is 4.40 Å². The number of hydrogen-bond donors (Lipinski definition) is 0. The summed E-state index contributed by atoms with van der Waals surface area (Å²) >= 11 is 1.52. The van der Waals surface area contributed by atoms with Crippen LogP contribution in [0.2, 0.25) is 0 Å². The first-order valence-corrected chi connectivity index (χ1v) is 8.84. The summed E-state index contributed by atoms with van der Waals surface area (Å²) in [6.45, 7) is 2.15. The Hall–Kier alpha value is -2.85. The van der Waals surface area contributed by atoms with E-state index in [1.807, 2.05) is 30.3 Å². The summed E-state index contributed by atoms with van der Waals surface area (Å²) in [6, 6.07) is 18.2. The van der Waals surface area contributed by atoms with E-state index in [-0.39, 0.29) is 0 Å². The highest BCUT2D eigenvalue weighted by Gasteiger charge is 2.19. The normalized spacial score (nSPS) is 11.0. The van der Waals surface area contributed by atoms with Crippen molar-refractivity contribution >= 4 is 23.1 Å². The molecule has 4 aromatic rings. The molecule has 1 aromatic carbocycles. The largest absolute Gasteiger partial charge is 0.497 e. The summed E-state index contributed by atoms with van der Waals surface area (Å²) in [7, 11) is 1.67. The molecule has 0 fully saturated rings. The number of hydrogen-bond acceptors (Lipinski definition) is 3. The molecule has 0 bridgehead atoms. The molecule has 0 unspecified atom stereocenters. The molecule has 3 heterocycles. The number of methoxy groups -OCH3 is 1. The standard InChI is InChI=1S/C21H17NO2S/c1-14-18-5-3-4-12-22(18)21(19-11-10-17(13-23)25-19)20(14)15-6-8-16(24-2)9-7-15/h3-13H,1-2H3. The molecule has 3 aromatic heterocycles.